The van der Waals surface area contributed by atoms with Gasteiger partial charge in [-0.2, -0.15) is 0 Å². The molecule has 0 bridgehead atoms. The second-order valence-corrected chi connectivity index (χ2v) is 4.53. The van der Waals surface area contributed by atoms with Crippen LogP contribution in [0.3, 0.4) is 0 Å². The fourth-order valence-corrected chi connectivity index (χ4v) is 2.03. The molecule has 7 heteroatoms. The highest BCUT2D eigenvalue weighted by Crippen LogP contribution is 2.32. The molecule has 2 rings (SSSR count). The minimum absolute atomic E-state index is 0. The van der Waals surface area contributed by atoms with E-state index in [1.54, 1.807) is 12.0 Å². The third-order valence-corrected chi connectivity index (χ3v) is 3.09. The van der Waals surface area contributed by atoms with Crippen molar-refractivity contribution >= 4 is 18.3 Å². The minimum Gasteiger partial charge on any atom is -0.454 e. The Morgan fingerprint density at radius 3 is 2.86 bits per heavy atom. The number of rotatable bonds is 7. The van der Waals surface area contributed by atoms with Crippen LogP contribution in [0.15, 0.2) is 18.2 Å². The summed E-state index contributed by atoms with van der Waals surface area (Å²) < 4.78 is 15.7. The molecule has 0 radical (unpaired) electrons. The largest absolute Gasteiger partial charge is 0.454 e. The minimum atomic E-state index is 0. The van der Waals surface area contributed by atoms with E-state index >= 15 is 0 Å². The number of benzene rings is 1. The van der Waals surface area contributed by atoms with E-state index in [1.165, 1.54) is 0 Å². The molecule has 2 N–H and O–H groups in total. The zero-order chi connectivity index (χ0) is 14.4. The van der Waals surface area contributed by atoms with Crippen LogP contribution in [0, 0.1) is 0 Å². The van der Waals surface area contributed by atoms with Crippen LogP contribution >= 0.6 is 12.4 Å². The summed E-state index contributed by atoms with van der Waals surface area (Å²) in [5, 5.41) is 0. The Hall–Kier alpha value is -1.50. The first-order chi connectivity index (χ1) is 9.74. The lowest BCUT2D eigenvalue weighted by Gasteiger charge is -2.22. The molecular weight excluding hydrogens is 296 g/mol. The van der Waals surface area contributed by atoms with Crippen molar-refractivity contribution in [2.75, 3.05) is 33.6 Å². The Morgan fingerprint density at radius 2 is 2.14 bits per heavy atom. The number of carbonyl (C=O) groups is 1. The van der Waals surface area contributed by atoms with Gasteiger partial charge in [-0.3, -0.25) is 4.79 Å². The standard InChI is InChI=1S/C14H20N2O4.ClH/c1-18-7-6-16(14(17)4-5-15)9-11-2-3-12-13(8-11)20-10-19-12;/h2-3,8H,4-7,9-10,15H2,1H3;1H. The first-order valence-corrected chi connectivity index (χ1v) is 6.60. The molecule has 1 aliphatic rings. The maximum Gasteiger partial charge on any atom is 0.231 e. The maximum atomic E-state index is 12.0. The van der Waals surface area contributed by atoms with E-state index in [-0.39, 0.29) is 25.1 Å². The van der Waals surface area contributed by atoms with Crippen molar-refractivity contribution in [3.63, 3.8) is 0 Å². The van der Waals surface area contributed by atoms with Gasteiger partial charge < -0.3 is 24.8 Å². The van der Waals surface area contributed by atoms with Crippen LogP contribution in [0.25, 0.3) is 0 Å². The van der Waals surface area contributed by atoms with Crippen LogP contribution in [0.1, 0.15) is 12.0 Å². The Bertz CT molecular complexity index is 470. The quantitative estimate of drug-likeness (QED) is 0.817. The molecule has 1 heterocycles. The average Bonchev–Trinajstić information content (AvgIpc) is 2.91. The maximum absolute atomic E-state index is 12.0. The fraction of sp³-hybridized carbons (Fsp3) is 0.500. The van der Waals surface area contributed by atoms with Gasteiger partial charge in [-0.25, -0.2) is 0 Å². The lowest BCUT2D eigenvalue weighted by molar-refractivity contribution is -0.132. The van der Waals surface area contributed by atoms with Crippen LogP contribution in [0.2, 0.25) is 0 Å². The summed E-state index contributed by atoms with van der Waals surface area (Å²) >= 11 is 0. The van der Waals surface area contributed by atoms with Crippen molar-refractivity contribution in [3.8, 4) is 11.5 Å². The van der Waals surface area contributed by atoms with Gasteiger partial charge in [0.2, 0.25) is 12.7 Å². The number of carbonyl (C=O) groups excluding carboxylic acids is 1. The molecule has 0 saturated heterocycles. The topological polar surface area (TPSA) is 74.0 Å². The van der Waals surface area contributed by atoms with Gasteiger partial charge >= 0.3 is 0 Å². The predicted octanol–water partition coefficient (Wildman–Crippen LogP) is 1.16. The van der Waals surface area contributed by atoms with Crippen molar-refractivity contribution < 1.29 is 19.0 Å². The van der Waals surface area contributed by atoms with E-state index in [0.29, 0.717) is 32.7 Å². The summed E-state index contributed by atoms with van der Waals surface area (Å²) in [6.45, 7) is 2.16. The summed E-state index contributed by atoms with van der Waals surface area (Å²) in [5.41, 5.74) is 6.44. The summed E-state index contributed by atoms with van der Waals surface area (Å²) in [6, 6.07) is 5.69. The van der Waals surface area contributed by atoms with Crippen molar-refractivity contribution in [3.05, 3.63) is 23.8 Å². The lowest BCUT2D eigenvalue weighted by atomic mass is 10.2. The SMILES string of the molecule is COCCN(Cc1ccc2c(c1)OCO2)C(=O)CCN.Cl. The molecule has 0 aromatic heterocycles. The number of hydrogen-bond acceptors (Lipinski definition) is 5. The second-order valence-electron chi connectivity index (χ2n) is 4.53. The molecule has 1 aromatic rings. The Balaban J connectivity index is 0.00000220. The molecule has 6 nitrogen and oxygen atoms in total. The van der Waals surface area contributed by atoms with Gasteiger partial charge in [0, 0.05) is 33.2 Å². The summed E-state index contributed by atoms with van der Waals surface area (Å²) in [4.78, 5) is 13.8. The van der Waals surface area contributed by atoms with Gasteiger partial charge in [0.25, 0.3) is 0 Å². The highest BCUT2D eigenvalue weighted by atomic mass is 35.5. The molecule has 118 valence electrons. The third kappa shape index (κ3) is 4.77. The zero-order valence-corrected chi connectivity index (χ0v) is 12.9. The highest BCUT2D eigenvalue weighted by molar-refractivity contribution is 5.85. The molecule has 1 amide bonds. The zero-order valence-electron chi connectivity index (χ0n) is 12.0. The number of ether oxygens (including phenoxy) is 3. The third-order valence-electron chi connectivity index (χ3n) is 3.09. The summed E-state index contributed by atoms with van der Waals surface area (Å²) in [7, 11) is 1.62. The van der Waals surface area contributed by atoms with Gasteiger partial charge in [0.05, 0.1) is 6.61 Å². The molecule has 1 aliphatic heterocycles. The van der Waals surface area contributed by atoms with E-state index in [4.69, 9.17) is 19.9 Å². The molecule has 0 aliphatic carbocycles. The fourth-order valence-electron chi connectivity index (χ4n) is 2.03. The normalized spacial score (nSPS) is 11.9. The first kappa shape index (κ1) is 17.6. The van der Waals surface area contributed by atoms with Crippen LogP contribution in [-0.4, -0.2) is 44.4 Å². The van der Waals surface area contributed by atoms with Crippen molar-refractivity contribution in [1.29, 1.82) is 0 Å². The van der Waals surface area contributed by atoms with Gasteiger partial charge in [-0.1, -0.05) is 6.07 Å². The number of fused-ring (bicyclic) bond motifs is 1. The first-order valence-electron chi connectivity index (χ1n) is 6.60. The Kier molecular flexibility index (Phi) is 7.28. The summed E-state index contributed by atoms with van der Waals surface area (Å²) in [6.07, 6.45) is 0.342. The van der Waals surface area contributed by atoms with Crippen LogP contribution in [0.4, 0.5) is 0 Å². The van der Waals surface area contributed by atoms with Gasteiger partial charge in [-0.05, 0) is 17.7 Å². The number of nitrogens with two attached hydrogens (primary N) is 1. The number of nitrogens with zero attached hydrogens (tertiary/aromatic N) is 1. The molecule has 0 spiro atoms. The van der Waals surface area contributed by atoms with Crippen molar-refractivity contribution in [2.24, 2.45) is 5.73 Å². The van der Waals surface area contributed by atoms with Gasteiger partial charge in [0.15, 0.2) is 11.5 Å². The molecular formula is C14H21ClN2O4. The molecule has 1 aromatic carbocycles. The predicted molar refractivity (Wildman–Crippen MR) is 80.8 cm³/mol. The monoisotopic (exact) mass is 316 g/mol. The van der Waals surface area contributed by atoms with Crippen molar-refractivity contribution in [1.82, 2.24) is 4.90 Å². The van der Waals surface area contributed by atoms with E-state index in [1.807, 2.05) is 18.2 Å². The lowest BCUT2D eigenvalue weighted by Crippen LogP contribution is -2.34. The molecule has 0 fully saturated rings. The van der Waals surface area contributed by atoms with E-state index in [2.05, 4.69) is 0 Å². The molecule has 0 atom stereocenters. The van der Waals surface area contributed by atoms with E-state index in [9.17, 15) is 4.79 Å². The van der Waals surface area contributed by atoms with Crippen LogP contribution < -0.4 is 15.2 Å². The Labute approximate surface area is 130 Å². The number of hydrogen-bond donors (Lipinski definition) is 1. The van der Waals surface area contributed by atoms with Gasteiger partial charge in [0.1, 0.15) is 0 Å². The van der Waals surface area contributed by atoms with E-state index in [0.717, 1.165) is 17.1 Å². The molecule has 21 heavy (non-hydrogen) atoms. The average molecular weight is 317 g/mol. The summed E-state index contributed by atoms with van der Waals surface area (Å²) in [5.74, 6) is 1.49. The number of halogens is 1. The van der Waals surface area contributed by atoms with Gasteiger partial charge in [-0.15, -0.1) is 12.4 Å². The van der Waals surface area contributed by atoms with Crippen LogP contribution in [-0.2, 0) is 16.1 Å². The van der Waals surface area contributed by atoms with Crippen LogP contribution in [0.5, 0.6) is 11.5 Å². The molecule has 0 unspecified atom stereocenters. The Morgan fingerprint density at radius 1 is 1.38 bits per heavy atom. The second kappa shape index (κ2) is 8.71. The smallest absolute Gasteiger partial charge is 0.231 e. The van der Waals surface area contributed by atoms with Crippen molar-refractivity contribution in [2.45, 2.75) is 13.0 Å². The molecule has 0 saturated carbocycles. The number of amides is 1. The number of methoxy groups -OCH3 is 1. The highest BCUT2D eigenvalue weighted by Gasteiger charge is 2.17. The van der Waals surface area contributed by atoms with E-state index < -0.39 is 0 Å².